The largest absolute Gasteiger partial charge is 0.241 e. The highest BCUT2D eigenvalue weighted by Crippen LogP contribution is 2.09. The molecule has 7 heavy (non-hydrogen) atoms. The second-order valence-electron chi connectivity index (χ2n) is 2.06. The van der Waals surface area contributed by atoms with Crippen LogP contribution in [-0.4, -0.2) is 18.8 Å². The van der Waals surface area contributed by atoms with Crippen molar-refractivity contribution < 1.29 is 4.39 Å². The maximum Gasteiger partial charge on any atom is 0.137 e. The minimum atomic E-state index is -1.08. The van der Waals surface area contributed by atoms with E-state index >= 15 is 0 Å². The molecule has 0 amide bonds. The van der Waals surface area contributed by atoms with Crippen molar-refractivity contribution in [2.24, 2.45) is 0 Å². The number of alkyl halides is 1. The van der Waals surface area contributed by atoms with E-state index in [2.05, 4.69) is 10.9 Å². The lowest BCUT2D eigenvalue weighted by atomic mass is 10.2. The van der Waals surface area contributed by atoms with Crippen LogP contribution in [0.1, 0.15) is 6.92 Å². The monoisotopic (exact) mass is 103 g/mol. The van der Waals surface area contributed by atoms with E-state index in [1.165, 1.54) is 6.92 Å². The fraction of sp³-hybridized carbons (Fsp3) is 1.00. The Labute approximate surface area is 42.1 Å². The van der Waals surface area contributed by atoms with Crippen LogP contribution in [0.25, 0.3) is 0 Å². The van der Waals surface area contributed by atoms with Crippen LogP contribution in [0.4, 0.5) is 4.39 Å². The van der Waals surface area contributed by atoms with Crippen molar-refractivity contribution in [2.45, 2.75) is 12.6 Å². The van der Waals surface area contributed by atoms with E-state index in [0.29, 0.717) is 13.1 Å². The molecule has 3 heteroatoms. The molecule has 0 aromatic carbocycles. The second kappa shape index (κ2) is 1.42. The SMILES string of the molecule is CC1(F)C[N]NC1. The van der Waals surface area contributed by atoms with Gasteiger partial charge in [0.2, 0.25) is 0 Å². The molecule has 0 bridgehead atoms. The van der Waals surface area contributed by atoms with Crippen molar-refractivity contribution >= 4 is 0 Å². The minimum Gasteiger partial charge on any atom is -0.241 e. The van der Waals surface area contributed by atoms with Crippen LogP contribution in [0.2, 0.25) is 0 Å². The van der Waals surface area contributed by atoms with Gasteiger partial charge < -0.3 is 0 Å². The Hall–Kier alpha value is -0.150. The fourth-order valence-corrected chi connectivity index (χ4v) is 0.497. The normalized spacial score (nSPS) is 28.3. The summed E-state index contributed by atoms with van der Waals surface area (Å²) in [6, 6.07) is 0. The van der Waals surface area contributed by atoms with Crippen molar-refractivity contribution in [2.75, 3.05) is 13.1 Å². The van der Waals surface area contributed by atoms with Crippen LogP contribution in [0.5, 0.6) is 0 Å². The van der Waals surface area contributed by atoms with Gasteiger partial charge in [-0.15, -0.1) is 0 Å². The number of nitrogens with one attached hydrogen (secondary N) is 1. The molecular formula is C4H8FN2. The summed E-state index contributed by atoms with van der Waals surface area (Å²) in [5.74, 6) is 0. The standard InChI is InChI=1S/C4H8FN2/c1-4(5)2-6-7-3-4/h6H,2-3H2,1H3. The topological polar surface area (TPSA) is 26.1 Å². The van der Waals surface area contributed by atoms with Crippen molar-refractivity contribution in [1.29, 1.82) is 0 Å². The van der Waals surface area contributed by atoms with Crippen molar-refractivity contribution in [1.82, 2.24) is 10.9 Å². The summed E-state index contributed by atoms with van der Waals surface area (Å²) in [5, 5.41) is 0. The number of halogens is 1. The summed E-state index contributed by atoms with van der Waals surface area (Å²) in [5.41, 5.74) is 5.09. The summed E-state index contributed by atoms with van der Waals surface area (Å²) in [6.45, 7) is 2.20. The van der Waals surface area contributed by atoms with E-state index < -0.39 is 5.67 Å². The summed E-state index contributed by atoms with van der Waals surface area (Å²) < 4.78 is 12.5. The average molecular weight is 103 g/mol. The molecule has 0 aromatic heterocycles. The van der Waals surface area contributed by atoms with Gasteiger partial charge in [0.25, 0.3) is 0 Å². The molecule has 1 fully saturated rings. The van der Waals surface area contributed by atoms with Gasteiger partial charge in [0.05, 0.1) is 6.54 Å². The smallest absolute Gasteiger partial charge is 0.137 e. The third-order valence-electron chi connectivity index (χ3n) is 0.968. The Morgan fingerprint density at radius 1 is 1.86 bits per heavy atom. The molecule has 1 saturated heterocycles. The molecule has 41 valence electrons. The van der Waals surface area contributed by atoms with Gasteiger partial charge in [-0.05, 0) is 6.92 Å². The van der Waals surface area contributed by atoms with Gasteiger partial charge in [-0.3, -0.25) is 0 Å². The Balaban J connectivity index is 2.40. The maximum atomic E-state index is 12.5. The van der Waals surface area contributed by atoms with Gasteiger partial charge in [0.1, 0.15) is 5.67 Å². The van der Waals surface area contributed by atoms with Crippen LogP contribution in [0, 0.1) is 0 Å². The Kier molecular flexibility index (Phi) is 1.01. The predicted octanol–water partition coefficient (Wildman–Crippen LogP) is -0.163. The molecule has 1 rings (SSSR count). The van der Waals surface area contributed by atoms with Crippen molar-refractivity contribution in [3.05, 3.63) is 0 Å². The number of rotatable bonds is 0. The van der Waals surface area contributed by atoms with E-state index in [9.17, 15) is 4.39 Å². The van der Waals surface area contributed by atoms with E-state index in [1.54, 1.807) is 0 Å². The summed E-state index contributed by atoms with van der Waals surface area (Å²) in [7, 11) is 0. The number of hydrogen-bond donors (Lipinski definition) is 1. The quantitative estimate of drug-likeness (QED) is 0.453. The Morgan fingerprint density at radius 3 is 2.71 bits per heavy atom. The first-order chi connectivity index (χ1) is 3.21. The van der Waals surface area contributed by atoms with Gasteiger partial charge in [-0.2, -0.15) is 5.43 Å². The molecule has 1 aliphatic rings. The van der Waals surface area contributed by atoms with E-state index in [-0.39, 0.29) is 0 Å². The van der Waals surface area contributed by atoms with E-state index in [4.69, 9.17) is 0 Å². The third kappa shape index (κ3) is 1.11. The first-order valence-corrected chi connectivity index (χ1v) is 2.29. The molecule has 1 atom stereocenters. The van der Waals surface area contributed by atoms with Crippen molar-refractivity contribution in [3.8, 4) is 0 Å². The maximum absolute atomic E-state index is 12.5. The van der Waals surface area contributed by atoms with Gasteiger partial charge in [-0.1, -0.05) is 0 Å². The van der Waals surface area contributed by atoms with Crippen molar-refractivity contribution in [3.63, 3.8) is 0 Å². The lowest BCUT2D eigenvalue weighted by Gasteiger charge is -2.05. The predicted molar refractivity (Wildman–Crippen MR) is 24.5 cm³/mol. The van der Waals surface area contributed by atoms with Gasteiger partial charge in [0, 0.05) is 6.54 Å². The zero-order valence-corrected chi connectivity index (χ0v) is 4.24. The van der Waals surface area contributed by atoms with E-state index in [1.807, 2.05) is 0 Å². The van der Waals surface area contributed by atoms with Crippen LogP contribution < -0.4 is 10.9 Å². The summed E-state index contributed by atoms with van der Waals surface area (Å²) in [6.07, 6.45) is 0. The highest BCUT2D eigenvalue weighted by atomic mass is 19.1. The van der Waals surface area contributed by atoms with Crippen LogP contribution in [0.15, 0.2) is 0 Å². The molecule has 1 radical (unpaired) electrons. The minimum absolute atomic E-state index is 0.299. The highest BCUT2D eigenvalue weighted by Gasteiger charge is 2.28. The van der Waals surface area contributed by atoms with Gasteiger partial charge in [0.15, 0.2) is 0 Å². The number of hydrogen-bond acceptors (Lipinski definition) is 1. The summed E-state index contributed by atoms with van der Waals surface area (Å²) >= 11 is 0. The van der Waals surface area contributed by atoms with Gasteiger partial charge >= 0.3 is 0 Å². The molecule has 1 aliphatic heterocycles. The lowest BCUT2D eigenvalue weighted by Crippen LogP contribution is -2.23. The molecule has 1 unspecified atom stereocenters. The first kappa shape index (κ1) is 5.00. The average Bonchev–Trinajstić information content (AvgIpc) is 1.84. The zero-order valence-electron chi connectivity index (χ0n) is 4.24. The molecule has 0 aromatic rings. The molecule has 1 N–H and O–H groups in total. The molecular weight excluding hydrogens is 95.1 g/mol. The molecule has 2 nitrogen and oxygen atoms in total. The molecule has 0 spiro atoms. The van der Waals surface area contributed by atoms with Crippen LogP contribution >= 0.6 is 0 Å². The summed E-state index contributed by atoms with van der Waals surface area (Å²) in [4.78, 5) is 0. The van der Waals surface area contributed by atoms with E-state index in [0.717, 1.165) is 0 Å². The van der Waals surface area contributed by atoms with Crippen LogP contribution in [0.3, 0.4) is 0 Å². The molecule has 1 heterocycles. The highest BCUT2D eigenvalue weighted by molar-refractivity contribution is 4.81. The van der Waals surface area contributed by atoms with Gasteiger partial charge in [-0.25, -0.2) is 9.82 Å². The molecule has 0 aliphatic carbocycles. The number of nitrogens with zero attached hydrogens (tertiary/aromatic N) is 1. The zero-order chi connectivity index (χ0) is 5.33. The molecule has 0 saturated carbocycles. The Morgan fingerprint density at radius 2 is 2.57 bits per heavy atom. The fourth-order valence-electron chi connectivity index (χ4n) is 0.497. The Bertz CT molecular complexity index is 64.1. The first-order valence-electron chi connectivity index (χ1n) is 2.29. The third-order valence-corrected chi connectivity index (χ3v) is 0.968. The van der Waals surface area contributed by atoms with Crippen LogP contribution in [-0.2, 0) is 0 Å². The second-order valence-corrected chi connectivity index (χ2v) is 2.06. The lowest BCUT2D eigenvalue weighted by molar-refractivity contribution is 0.233.